The largest absolute Gasteiger partial charge is 0.508 e. The standard InChI is InChI=1S/C16H25NO3/c1-13(14-5-2-6-15(18)11-14)17-8-4-9-19-12-16-7-3-10-20-16/h2,5-6,11,13,16-18H,3-4,7-10,12H2,1H3. The first-order chi connectivity index (χ1) is 9.75. The van der Waals surface area contributed by atoms with E-state index in [0.717, 1.165) is 51.2 Å². The van der Waals surface area contributed by atoms with Crippen molar-refractivity contribution in [1.29, 1.82) is 0 Å². The number of hydrogen-bond acceptors (Lipinski definition) is 4. The Morgan fingerprint density at radius 1 is 1.50 bits per heavy atom. The molecule has 2 N–H and O–H groups in total. The first kappa shape index (κ1) is 15.3. The fourth-order valence-corrected chi connectivity index (χ4v) is 2.40. The zero-order valence-electron chi connectivity index (χ0n) is 12.2. The van der Waals surface area contributed by atoms with Crippen LogP contribution in [-0.2, 0) is 9.47 Å². The van der Waals surface area contributed by atoms with Crippen molar-refractivity contribution in [3.63, 3.8) is 0 Å². The molecule has 0 radical (unpaired) electrons. The summed E-state index contributed by atoms with van der Waals surface area (Å²) < 4.78 is 11.1. The van der Waals surface area contributed by atoms with Crippen molar-refractivity contribution in [2.75, 3.05) is 26.4 Å². The third-order valence-electron chi connectivity index (χ3n) is 3.61. The van der Waals surface area contributed by atoms with Crippen LogP contribution in [0.1, 0.15) is 37.8 Å². The first-order valence-corrected chi connectivity index (χ1v) is 7.47. The van der Waals surface area contributed by atoms with Crippen LogP contribution in [-0.4, -0.2) is 37.6 Å². The molecule has 1 heterocycles. The Morgan fingerprint density at radius 3 is 3.15 bits per heavy atom. The van der Waals surface area contributed by atoms with Crippen LogP contribution in [0, 0.1) is 0 Å². The minimum atomic E-state index is 0.236. The third kappa shape index (κ3) is 5.12. The third-order valence-corrected chi connectivity index (χ3v) is 3.61. The highest BCUT2D eigenvalue weighted by molar-refractivity contribution is 5.28. The Balaban J connectivity index is 1.54. The summed E-state index contributed by atoms with van der Waals surface area (Å²) in [6.07, 6.45) is 3.59. The molecule has 2 rings (SSSR count). The van der Waals surface area contributed by atoms with E-state index < -0.39 is 0 Å². The van der Waals surface area contributed by atoms with Gasteiger partial charge in [0.25, 0.3) is 0 Å². The van der Waals surface area contributed by atoms with Gasteiger partial charge in [0, 0.05) is 19.3 Å². The Bertz CT molecular complexity index is 391. The van der Waals surface area contributed by atoms with Crippen LogP contribution in [0.4, 0.5) is 0 Å². The van der Waals surface area contributed by atoms with Gasteiger partial charge >= 0.3 is 0 Å². The fourth-order valence-electron chi connectivity index (χ4n) is 2.40. The lowest BCUT2D eigenvalue weighted by Gasteiger charge is -2.15. The van der Waals surface area contributed by atoms with E-state index in [4.69, 9.17) is 9.47 Å². The number of hydrogen-bond donors (Lipinski definition) is 2. The van der Waals surface area contributed by atoms with Crippen molar-refractivity contribution in [3.05, 3.63) is 29.8 Å². The highest BCUT2D eigenvalue weighted by Crippen LogP contribution is 2.17. The van der Waals surface area contributed by atoms with Gasteiger partial charge in [-0.2, -0.15) is 0 Å². The van der Waals surface area contributed by atoms with Crippen LogP contribution in [0.25, 0.3) is 0 Å². The van der Waals surface area contributed by atoms with Crippen molar-refractivity contribution in [2.45, 2.75) is 38.3 Å². The summed E-state index contributed by atoms with van der Waals surface area (Å²) in [6.45, 7) is 5.38. The molecule has 1 aliphatic rings. The zero-order chi connectivity index (χ0) is 14.2. The summed E-state index contributed by atoms with van der Waals surface area (Å²) in [7, 11) is 0. The topological polar surface area (TPSA) is 50.7 Å². The highest BCUT2D eigenvalue weighted by atomic mass is 16.5. The van der Waals surface area contributed by atoms with Gasteiger partial charge in [-0.15, -0.1) is 0 Å². The highest BCUT2D eigenvalue weighted by Gasteiger charge is 2.14. The minimum Gasteiger partial charge on any atom is -0.508 e. The molecule has 1 saturated heterocycles. The maximum absolute atomic E-state index is 9.45. The van der Waals surface area contributed by atoms with Gasteiger partial charge in [0.2, 0.25) is 0 Å². The van der Waals surface area contributed by atoms with E-state index in [1.54, 1.807) is 12.1 Å². The Morgan fingerprint density at radius 2 is 2.40 bits per heavy atom. The van der Waals surface area contributed by atoms with Crippen LogP contribution in [0.5, 0.6) is 5.75 Å². The molecule has 1 aromatic rings. The summed E-state index contributed by atoms with van der Waals surface area (Å²) in [6, 6.07) is 7.61. The van der Waals surface area contributed by atoms with Gasteiger partial charge in [0.15, 0.2) is 0 Å². The van der Waals surface area contributed by atoms with Crippen molar-refractivity contribution in [2.24, 2.45) is 0 Å². The molecule has 20 heavy (non-hydrogen) atoms. The summed E-state index contributed by atoms with van der Waals surface area (Å²) in [4.78, 5) is 0. The van der Waals surface area contributed by atoms with Crippen molar-refractivity contribution in [3.8, 4) is 5.75 Å². The molecule has 1 fully saturated rings. The molecule has 0 aliphatic carbocycles. The van der Waals surface area contributed by atoms with Crippen LogP contribution >= 0.6 is 0 Å². The second kappa shape index (κ2) is 8.25. The number of phenols is 1. The van der Waals surface area contributed by atoms with Gasteiger partial charge in [-0.05, 0) is 50.4 Å². The van der Waals surface area contributed by atoms with Gasteiger partial charge in [0.05, 0.1) is 12.7 Å². The van der Waals surface area contributed by atoms with E-state index in [0.29, 0.717) is 11.9 Å². The first-order valence-electron chi connectivity index (χ1n) is 7.47. The molecule has 0 spiro atoms. The number of benzene rings is 1. The molecule has 0 aromatic heterocycles. The maximum Gasteiger partial charge on any atom is 0.115 e. The van der Waals surface area contributed by atoms with E-state index in [9.17, 15) is 5.11 Å². The molecule has 1 aromatic carbocycles. The molecular formula is C16H25NO3. The van der Waals surface area contributed by atoms with E-state index in [-0.39, 0.29) is 6.04 Å². The lowest BCUT2D eigenvalue weighted by Crippen LogP contribution is -2.22. The van der Waals surface area contributed by atoms with Crippen molar-refractivity contribution >= 4 is 0 Å². The van der Waals surface area contributed by atoms with E-state index >= 15 is 0 Å². The van der Waals surface area contributed by atoms with E-state index in [2.05, 4.69) is 12.2 Å². The Labute approximate surface area is 121 Å². The average molecular weight is 279 g/mol. The predicted molar refractivity (Wildman–Crippen MR) is 78.9 cm³/mol. The van der Waals surface area contributed by atoms with Crippen LogP contribution in [0.3, 0.4) is 0 Å². The molecule has 4 nitrogen and oxygen atoms in total. The smallest absolute Gasteiger partial charge is 0.115 e. The van der Waals surface area contributed by atoms with Crippen LogP contribution in [0.2, 0.25) is 0 Å². The van der Waals surface area contributed by atoms with E-state index in [1.165, 1.54) is 0 Å². The number of rotatable bonds is 8. The zero-order valence-corrected chi connectivity index (χ0v) is 12.2. The minimum absolute atomic E-state index is 0.236. The van der Waals surface area contributed by atoms with Gasteiger partial charge in [-0.3, -0.25) is 0 Å². The lowest BCUT2D eigenvalue weighted by molar-refractivity contribution is 0.0165. The fraction of sp³-hybridized carbons (Fsp3) is 0.625. The number of nitrogens with one attached hydrogen (secondary N) is 1. The second-order valence-corrected chi connectivity index (χ2v) is 5.33. The predicted octanol–water partition coefficient (Wildman–Crippen LogP) is 2.63. The number of phenolic OH excluding ortho intramolecular Hbond substituents is 1. The monoisotopic (exact) mass is 279 g/mol. The summed E-state index contributed by atoms with van der Waals surface area (Å²) in [5.74, 6) is 0.316. The quantitative estimate of drug-likeness (QED) is 0.718. The van der Waals surface area contributed by atoms with Crippen molar-refractivity contribution < 1.29 is 14.6 Å². The van der Waals surface area contributed by atoms with Gasteiger partial charge in [-0.1, -0.05) is 12.1 Å². The number of ether oxygens (including phenoxy) is 2. The summed E-state index contributed by atoms with van der Waals surface area (Å²) in [5, 5.41) is 12.9. The molecule has 2 atom stereocenters. The SMILES string of the molecule is CC(NCCCOCC1CCCO1)c1cccc(O)c1. The maximum atomic E-state index is 9.45. The molecule has 0 saturated carbocycles. The molecule has 0 bridgehead atoms. The summed E-state index contributed by atoms with van der Waals surface area (Å²) in [5.41, 5.74) is 1.10. The van der Waals surface area contributed by atoms with Gasteiger partial charge in [0.1, 0.15) is 5.75 Å². The molecule has 4 heteroatoms. The average Bonchev–Trinajstić information content (AvgIpc) is 2.95. The Kier molecular flexibility index (Phi) is 6.30. The van der Waals surface area contributed by atoms with E-state index in [1.807, 2.05) is 12.1 Å². The lowest BCUT2D eigenvalue weighted by atomic mass is 10.1. The van der Waals surface area contributed by atoms with Gasteiger partial charge in [-0.25, -0.2) is 0 Å². The molecule has 0 amide bonds. The summed E-state index contributed by atoms with van der Waals surface area (Å²) >= 11 is 0. The van der Waals surface area contributed by atoms with Crippen LogP contribution < -0.4 is 5.32 Å². The molecular weight excluding hydrogens is 254 g/mol. The van der Waals surface area contributed by atoms with Crippen LogP contribution in [0.15, 0.2) is 24.3 Å². The van der Waals surface area contributed by atoms with Gasteiger partial charge < -0.3 is 19.9 Å². The Hall–Kier alpha value is -1.10. The normalized spacial score (nSPS) is 20.1. The van der Waals surface area contributed by atoms with Crippen molar-refractivity contribution in [1.82, 2.24) is 5.32 Å². The molecule has 2 unspecified atom stereocenters. The second-order valence-electron chi connectivity index (χ2n) is 5.33. The molecule has 1 aliphatic heterocycles. The number of aromatic hydroxyl groups is 1. The molecule has 112 valence electrons.